The number of sulfone groups is 1. The van der Waals surface area contributed by atoms with Crippen molar-refractivity contribution in [3.63, 3.8) is 0 Å². The smallest absolute Gasteiger partial charge is 0.176 e. The number of hydrogen-bond donors (Lipinski definition) is 0. The molecule has 25 heavy (non-hydrogen) atoms. The van der Waals surface area contributed by atoms with E-state index in [2.05, 4.69) is 6.58 Å². The van der Waals surface area contributed by atoms with Gasteiger partial charge in [-0.05, 0) is 31.5 Å². The van der Waals surface area contributed by atoms with Crippen LogP contribution in [0.5, 0.6) is 11.5 Å². The molecule has 1 aliphatic heterocycles. The summed E-state index contributed by atoms with van der Waals surface area (Å²) in [7, 11) is -0.0124. The molecule has 0 N–H and O–H groups in total. The number of benzene rings is 1. The topological polar surface area (TPSA) is 72.9 Å². The molecule has 1 aromatic carbocycles. The standard InChI is InChI=1S/C18H25NO5S/c1-5-9-19(18(2)8-10-25(21,22)13-18)12-15(20)14-6-7-16(23-3)17(11-14)24-4/h5-7,11H,1,8-10,12-13H2,2-4H3/t18-/m1/s1. The Morgan fingerprint density at radius 1 is 1.32 bits per heavy atom. The number of ether oxygens (including phenoxy) is 2. The van der Waals surface area contributed by atoms with E-state index in [9.17, 15) is 13.2 Å². The van der Waals surface area contributed by atoms with Crippen LogP contribution in [0.2, 0.25) is 0 Å². The molecular formula is C18H25NO5S. The zero-order chi connectivity index (χ0) is 18.7. The number of rotatable bonds is 8. The van der Waals surface area contributed by atoms with Gasteiger partial charge in [-0.3, -0.25) is 9.69 Å². The highest BCUT2D eigenvalue weighted by Crippen LogP contribution is 2.31. The maximum Gasteiger partial charge on any atom is 0.176 e. The van der Waals surface area contributed by atoms with E-state index in [4.69, 9.17) is 9.47 Å². The van der Waals surface area contributed by atoms with Gasteiger partial charge in [0.1, 0.15) is 0 Å². The van der Waals surface area contributed by atoms with Crippen molar-refractivity contribution in [2.24, 2.45) is 0 Å². The SMILES string of the molecule is C=CCN(CC(=O)c1ccc(OC)c(OC)c1)[C@]1(C)CCS(=O)(=O)C1. The number of ketones is 1. The fourth-order valence-corrected chi connectivity index (χ4v) is 5.32. The van der Waals surface area contributed by atoms with Crippen molar-refractivity contribution < 1.29 is 22.7 Å². The van der Waals surface area contributed by atoms with E-state index in [1.54, 1.807) is 24.3 Å². The van der Waals surface area contributed by atoms with E-state index < -0.39 is 15.4 Å². The summed E-state index contributed by atoms with van der Waals surface area (Å²) in [5.41, 5.74) is -0.0599. The summed E-state index contributed by atoms with van der Waals surface area (Å²) in [5.74, 6) is 1.15. The molecule has 0 bridgehead atoms. The van der Waals surface area contributed by atoms with Crippen LogP contribution >= 0.6 is 0 Å². The van der Waals surface area contributed by atoms with Crippen molar-refractivity contribution in [1.29, 1.82) is 0 Å². The molecule has 138 valence electrons. The molecule has 0 unspecified atom stereocenters. The molecule has 1 fully saturated rings. The van der Waals surface area contributed by atoms with Gasteiger partial charge in [0.2, 0.25) is 0 Å². The number of Topliss-reactive ketones (excluding diaryl/α,β-unsaturated/α-hetero) is 1. The first-order valence-corrected chi connectivity index (χ1v) is 9.88. The fraction of sp³-hybridized carbons (Fsp3) is 0.500. The largest absolute Gasteiger partial charge is 0.493 e. The average molecular weight is 367 g/mol. The predicted molar refractivity (Wildman–Crippen MR) is 97.3 cm³/mol. The zero-order valence-corrected chi connectivity index (χ0v) is 15.8. The summed E-state index contributed by atoms with van der Waals surface area (Å²) < 4.78 is 34.2. The fourth-order valence-electron chi connectivity index (χ4n) is 3.15. The molecular weight excluding hydrogens is 342 g/mol. The van der Waals surface area contributed by atoms with Gasteiger partial charge in [-0.25, -0.2) is 8.42 Å². The Kier molecular flexibility index (Phi) is 5.90. The summed E-state index contributed by atoms with van der Waals surface area (Å²) in [5, 5.41) is 0. The predicted octanol–water partition coefficient (Wildman–Crippen LogP) is 1.95. The molecule has 1 aliphatic rings. The Balaban J connectivity index is 2.22. The maximum atomic E-state index is 12.7. The van der Waals surface area contributed by atoms with Crippen molar-refractivity contribution in [2.45, 2.75) is 18.9 Å². The summed E-state index contributed by atoms with van der Waals surface area (Å²) in [6.45, 7) is 6.19. The molecule has 0 amide bonds. The molecule has 0 aliphatic carbocycles. The summed E-state index contributed by atoms with van der Waals surface area (Å²) in [6, 6.07) is 5.01. The molecule has 0 radical (unpaired) electrons. The highest BCUT2D eigenvalue weighted by molar-refractivity contribution is 7.91. The molecule has 1 aromatic rings. The van der Waals surface area contributed by atoms with E-state index >= 15 is 0 Å². The first kappa shape index (κ1) is 19.5. The first-order chi connectivity index (χ1) is 11.7. The van der Waals surface area contributed by atoms with E-state index in [1.165, 1.54) is 14.2 Å². The van der Waals surface area contributed by atoms with E-state index in [0.29, 0.717) is 30.0 Å². The van der Waals surface area contributed by atoms with Crippen LogP contribution in [0.3, 0.4) is 0 Å². The Hall–Kier alpha value is -1.86. The minimum absolute atomic E-state index is 0.0626. The van der Waals surface area contributed by atoms with E-state index in [-0.39, 0.29) is 23.8 Å². The zero-order valence-electron chi connectivity index (χ0n) is 14.9. The van der Waals surface area contributed by atoms with E-state index in [1.807, 2.05) is 11.8 Å². The van der Waals surface area contributed by atoms with Crippen LogP contribution in [-0.2, 0) is 9.84 Å². The van der Waals surface area contributed by atoms with Crippen molar-refractivity contribution >= 4 is 15.6 Å². The van der Waals surface area contributed by atoms with Crippen LogP contribution in [0.4, 0.5) is 0 Å². The molecule has 6 nitrogen and oxygen atoms in total. The summed E-state index contributed by atoms with van der Waals surface area (Å²) >= 11 is 0. The highest BCUT2D eigenvalue weighted by atomic mass is 32.2. The minimum atomic E-state index is -3.06. The lowest BCUT2D eigenvalue weighted by Crippen LogP contribution is -2.49. The molecule has 0 spiro atoms. The average Bonchev–Trinajstić information content (AvgIpc) is 2.88. The van der Waals surface area contributed by atoms with Crippen LogP contribution in [0.15, 0.2) is 30.9 Å². The second kappa shape index (κ2) is 7.58. The third-order valence-electron chi connectivity index (χ3n) is 4.64. The van der Waals surface area contributed by atoms with Crippen molar-refractivity contribution in [3.05, 3.63) is 36.4 Å². The minimum Gasteiger partial charge on any atom is -0.493 e. The lowest BCUT2D eigenvalue weighted by Gasteiger charge is -2.36. The van der Waals surface area contributed by atoms with Crippen LogP contribution in [0, 0.1) is 0 Å². The molecule has 1 atom stereocenters. The number of nitrogens with zero attached hydrogens (tertiary/aromatic N) is 1. The van der Waals surface area contributed by atoms with Gasteiger partial charge in [0, 0.05) is 17.6 Å². The molecule has 2 rings (SSSR count). The molecule has 0 aromatic heterocycles. The summed E-state index contributed by atoms with van der Waals surface area (Å²) in [4.78, 5) is 14.6. The molecule has 1 heterocycles. The second-order valence-corrected chi connectivity index (χ2v) is 8.69. The number of carbonyl (C=O) groups excluding carboxylic acids is 1. The molecule has 0 saturated carbocycles. The lowest BCUT2D eigenvalue weighted by molar-refractivity contribution is 0.0827. The van der Waals surface area contributed by atoms with Crippen LogP contribution in [0.25, 0.3) is 0 Å². The van der Waals surface area contributed by atoms with Gasteiger partial charge in [-0.15, -0.1) is 6.58 Å². The van der Waals surface area contributed by atoms with Crippen LogP contribution in [0.1, 0.15) is 23.7 Å². The Morgan fingerprint density at radius 3 is 2.52 bits per heavy atom. The van der Waals surface area contributed by atoms with Gasteiger partial charge in [0.15, 0.2) is 27.1 Å². The van der Waals surface area contributed by atoms with Crippen molar-refractivity contribution in [2.75, 3.05) is 38.8 Å². The Labute approximate surface area is 149 Å². The van der Waals surface area contributed by atoms with Gasteiger partial charge in [0.25, 0.3) is 0 Å². The van der Waals surface area contributed by atoms with Crippen molar-refractivity contribution in [1.82, 2.24) is 4.90 Å². The first-order valence-electron chi connectivity index (χ1n) is 8.06. The second-order valence-electron chi connectivity index (χ2n) is 6.50. The highest BCUT2D eigenvalue weighted by Gasteiger charge is 2.42. The van der Waals surface area contributed by atoms with Crippen LogP contribution < -0.4 is 9.47 Å². The van der Waals surface area contributed by atoms with Gasteiger partial charge in [-0.1, -0.05) is 6.08 Å². The Morgan fingerprint density at radius 2 is 2.00 bits per heavy atom. The van der Waals surface area contributed by atoms with Crippen LogP contribution in [-0.4, -0.2) is 63.5 Å². The molecule has 1 saturated heterocycles. The molecule has 7 heteroatoms. The third-order valence-corrected chi connectivity index (χ3v) is 6.52. The van der Waals surface area contributed by atoms with Crippen molar-refractivity contribution in [3.8, 4) is 11.5 Å². The number of hydrogen-bond acceptors (Lipinski definition) is 6. The maximum absolute atomic E-state index is 12.7. The lowest BCUT2D eigenvalue weighted by atomic mass is 9.98. The quantitative estimate of drug-likeness (QED) is 0.517. The monoisotopic (exact) mass is 367 g/mol. The van der Waals surface area contributed by atoms with Gasteiger partial charge in [0.05, 0.1) is 32.3 Å². The number of methoxy groups -OCH3 is 2. The van der Waals surface area contributed by atoms with E-state index in [0.717, 1.165) is 0 Å². The Bertz CT molecular complexity index is 759. The third kappa shape index (κ3) is 4.41. The normalized spacial score (nSPS) is 21.9. The summed E-state index contributed by atoms with van der Waals surface area (Å²) in [6.07, 6.45) is 2.21. The van der Waals surface area contributed by atoms with Gasteiger partial charge in [-0.2, -0.15) is 0 Å². The van der Waals surface area contributed by atoms with Gasteiger partial charge >= 0.3 is 0 Å². The van der Waals surface area contributed by atoms with Gasteiger partial charge < -0.3 is 9.47 Å². The number of carbonyl (C=O) groups is 1.